The molecule has 0 spiro atoms. The zero-order valence-corrected chi connectivity index (χ0v) is 17.6. The van der Waals surface area contributed by atoms with E-state index >= 15 is 0 Å². The molecule has 0 fully saturated rings. The second-order valence-electron chi connectivity index (χ2n) is 6.44. The van der Waals surface area contributed by atoms with Crippen LogP contribution >= 0.6 is 0 Å². The average Bonchev–Trinajstić information content (AvgIpc) is 2.73. The van der Waals surface area contributed by atoms with E-state index in [-0.39, 0.29) is 5.78 Å². The average molecular weight is 395 g/mol. The summed E-state index contributed by atoms with van der Waals surface area (Å²) < 4.78 is 17.0. The first-order valence-electron chi connectivity index (χ1n) is 10.1. The second-order valence-corrected chi connectivity index (χ2v) is 6.44. The standard InChI is InChI=1S/C25H30O4/c1-5-9-20-17-21(25(28-8-4)18-24(20)27-7-3)12-15-23(26)19-10-13-22(14-11-19)29-16-6-2/h6,10-15,17-18H,2,5,7-9,16H2,1,3-4H3. The van der Waals surface area contributed by atoms with Crippen molar-refractivity contribution in [3.05, 3.63) is 71.8 Å². The Hall–Kier alpha value is -3.01. The molecule has 4 nitrogen and oxygen atoms in total. The largest absolute Gasteiger partial charge is 0.493 e. The molecule has 2 aromatic rings. The number of ether oxygens (including phenoxy) is 3. The van der Waals surface area contributed by atoms with Crippen molar-refractivity contribution in [3.63, 3.8) is 0 Å². The molecule has 0 aliphatic heterocycles. The number of benzene rings is 2. The third-order valence-electron chi connectivity index (χ3n) is 4.23. The first-order chi connectivity index (χ1) is 14.1. The summed E-state index contributed by atoms with van der Waals surface area (Å²) in [6, 6.07) is 11.1. The van der Waals surface area contributed by atoms with E-state index in [1.807, 2.05) is 26.0 Å². The van der Waals surface area contributed by atoms with Gasteiger partial charge >= 0.3 is 0 Å². The van der Waals surface area contributed by atoms with Crippen LogP contribution in [0.25, 0.3) is 6.08 Å². The number of hydrogen-bond donors (Lipinski definition) is 0. The van der Waals surface area contributed by atoms with Crippen molar-refractivity contribution in [2.24, 2.45) is 0 Å². The normalized spacial score (nSPS) is 10.7. The van der Waals surface area contributed by atoms with Crippen LogP contribution in [0.15, 0.2) is 55.1 Å². The fraction of sp³-hybridized carbons (Fsp3) is 0.320. The van der Waals surface area contributed by atoms with E-state index in [0.717, 1.165) is 29.7 Å². The smallest absolute Gasteiger partial charge is 0.185 e. The van der Waals surface area contributed by atoms with Crippen molar-refractivity contribution < 1.29 is 19.0 Å². The highest BCUT2D eigenvalue weighted by molar-refractivity contribution is 6.07. The van der Waals surface area contributed by atoms with Crippen molar-refractivity contribution in [2.75, 3.05) is 19.8 Å². The van der Waals surface area contributed by atoms with Crippen LogP contribution in [0.4, 0.5) is 0 Å². The van der Waals surface area contributed by atoms with Crippen LogP contribution in [0, 0.1) is 0 Å². The Morgan fingerprint density at radius 2 is 1.66 bits per heavy atom. The minimum Gasteiger partial charge on any atom is -0.493 e. The Balaban J connectivity index is 2.25. The van der Waals surface area contributed by atoms with Gasteiger partial charge in [0.2, 0.25) is 0 Å². The fourth-order valence-electron chi connectivity index (χ4n) is 2.92. The summed E-state index contributed by atoms with van der Waals surface area (Å²) >= 11 is 0. The molecule has 0 atom stereocenters. The molecule has 29 heavy (non-hydrogen) atoms. The van der Waals surface area contributed by atoms with Crippen LogP contribution in [-0.2, 0) is 6.42 Å². The molecule has 0 saturated carbocycles. The second kappa shape index (κ2) is 11.7. The lowest BCUT2D eigenvalue weighted by Gasteiger charge is -2.15. The maximum absolute atomic E-state index is 12.6. The number of rotatable bonds is 12. The highest BCUT2D eigenvalue weighted by Crippen LogP contribution is 2.31. The molecule has 0 unspecified atom stereocenters. The van der Waals surface area contributed by atoms with Crippen molar-refractivity contribution in [1.29, 1.82) is 0 Å². The Morgan fingerprint density at radius 1 is 0.966 bits per heavy atom. The molecule has 0 heterocycles. The molecule has 0 aromatic heterocycles. The van der Waals surface area contributed by atoms with Gasteiger partial charge in [-0.15, -0.1) is 0 Å². The minimum absolute atomic E-state index is 0.0753. The lowest BCUT2D eigenvalue weighted by molar-refractivity contribution is 0.104. The van der Waals surface area contributed by atoms with E-state index < -0.39 is 0 Å². The molecular formula is C25H30O4. The molecule has 154 valence electrons. The number of carbonyl (C=O) groups is 1. The van der Waals surface area contributed by atoms with E-state index in [0.29, 0.717) is 36.9 Å². The third-order valence-corrected chi connectivity index (χ3v) is 4.23. The van der Waals surface area contributed by atoms with Gasteiger partial charge in [0.25, 0.3) is 0 Å². The SMILES string of the molecule is C=CCOc1ccc(C(=O)C=Cc2cc(CCC)c(OCC)cc2OCC)cc1. The van der Waals surface area contributed by atoms with Crippen molar-refractivity contribution in [1.82, 2.24) is 0 Å². The summed E-state index contributed by atoms with van der Waals surface area (Å²) in [5.41, 5.74) is 2.59. The molecule has 0 aliphatic rings. The summed E-state index contributed by atoms with van der Waals surface area (Å²) in [5, 5.41) is 0. The van der Waals surface area contributed by atoms with Crippen LogP contribution in [0.2, 0.25) is 0 Å². The van der Waals surface area contributed by atoms with Gasteiger partial charge in [0, 0.05) is 17.2 Å². The molecule has 0 saturated heterocycles. The summed E-state index contributed by atoms with van der Waals surface area (Å²) in [5.74, 6) is 2.19. The van der Waals surface area contributed by atoms with Crippen LogP contribution in [0.1, 0.15) is 48.7 Å². The van der Waals surface area contributed by atoms with Crippen LogP contribution in [0.5, 0.6) is 17.2 Å². The van der Waals surface area contributed by atoms with Crippen molar-refractivity contribution in [2.45, 2.75) is 33.6 Å². The molecule has 2 aromatic carbocycles. The number of ketones is 1. The molecule has 2 rings (SSSR count). The van der Waals surface area contributed by atoms with E-state index in [9.17, 15) is 4.79 Å². The van der Waals surface area contributed by atoms with Crippen molar-refractivity contribution >= 4 is 11.9 Å². The third kappa shape index (κ3) is 6.53. The fourth-order valence-corrected chi connectivity index (χ4v) is 2.92. The quantitative estimate of drug-likeness (QED) is 0.255. The summed E-state index contributed by atoms with van der Waals surface area (Å²) in [6.07, 6.45) is 6.98. The van der Waals surface area contributed by atoms with Gasteiger partial charge in [-0.3, -0.25) is 4.79 Å². The van der Waals surface area contributed by atoms with Gasteiger partial charge in [0.1, 0.15) is 23.9 Å². The number of hydrogen-bond acceptors (Lipinski definition) is 4. The van der Waals surface area contributed by atoms with Gasteiger partial charge in [-0.1, -0.05) is 26.0 Å². The van der Waals surface area contributed by atoms with Gasteiger partial charge in [-0.05, 0) is 68.3 Å². The highest BCUT2D eigenvalue weighted by Gasteiger charge is 2.11. The molecule has 4 heteroatoms. The van der Waals surface area contributed by atoms with Gasteiger partial charge in [0.15, 0.2) is 5.78 Å². The van der Waals surface area contributed by atoms with Gasteiger partial charge in [-0.25, -0.2) is 0 Å². The Kier molecular flexibility index (Phi) is 9.03. The molecule has 0 bridgehead atoms. The molecule has 0 aliphatic carbocycles. The van der Waals surface area contributed by atoms with E-state index in [4.69, 9.17) is 14.2 Å². The lowest BCUT2D eigenvalue weighted by atomic mass is 10.0. The van der Waals surface area contributed by atoms with E-state index in [1.54, 1.807) is 36.4 Å². The summed E-state index contributed by atoms with van der Waals surface area (Å²) in [4.78, 5) is 12.6. The number of carbonyl (C=O) groups excluding carboxylic acids is 1. The van der Waals surface area contributed by atoms with E-state index in [1.165, 1.54) is 0 Å². The maximum atomic E-state index is 12.6. The first-order valence-corrected chi connectivity index (χ1v) is 10.1. The predicted octanol–water partition coefficient (Wildman–Crippen LogP) is 5.90. The van der Waals surface area contributed by atoms with Crippen molar-refractivity contribution in [3.8, 4) is 17.2 Å². The van der Waals surface area contributed by atoms with Crippen LogP contribution < -0.4 is 14.2 Å². The zero-order chi connectivity index (χ0) is 21.1. The highest BCUT2D eigenvalue weighted by atomic mass is 16.5. The zero-order valence-electron chi connectivity index (χ0n) is 17.6. The molecule has 0 radical (unpaired) electrons. The number of allylic oxidation sites excluding steroid dienone is 1. The van der Waals surface area contributed by atoms with Gasteiger partial charge in [-0.2, -0.15) is 0 Å². The Labute approximate surface area is 173 Å². The molecule has 0 amide bonds. The Morgan fingerprint density at radius 3 is 2.28 bits per heavy atom. The van der Waals surface area contributed by atoms with Crippen LogP contribution in [0.3, 0.4) is 0 Å². The first kappa shape index (κ1) is 22.3. The molecular weight excluding hydrogens is 364 g/mol. The van der Waals surface area contributed by atoms with Gasteiger partial charge in [0.05, 0.1) is 13.2 Å². The lowest BCUT2D eigenvalue weighted by Crippen LogP contribution is -2.01. The monoisotopic (exact) mass is 394 g/mol. The predicted molar refractivity (Wildman–Crippen MR) is 118 cm³/mol. The number of aryl methyl sites for hydroxylation is 1. The topological polar surface area (TPSA) is 44.8 Å². The van der Waals surface area contributed by atoms with Crippen LogP contribution in [-0.4, -0.2) is 25.6 Å². The van der Waals surface area contributed by atoms with Gasteiger partial charge < -0.3 is 14.2 Å². The minimum atomic E-state index is -0.0753. The summed E-state index contributed by atoms with van der Waals surface area (Å²) in [6.45, 7) is 11.2. The van der Waals surface area contributed by atoms with E-state index in [2.05, 4.69) is 19.6 Å². The Bertz CT molecular complexity index is 835. The molecule has 0 N–H and O–H groups in total. The summed E-state index contributed by atoms with van der Waals surface area (Å²) in [7, 11) is 0. The maximum Gasteiger partial charge on any atom is 0.185 e.